The summed E-state index contributed by atoms with van der Waals surface area (Å²) in [5, 5.41) is 9.44. The second-order valence-corrected chi connectivity index (χ2v) is 8.36. The standard InChI is InChI=1S/C21H23Cl3N4O2/c22-14-10-17(23)20(18(24)11-14)27-19(29)13-28-9-5-4-8-16(28)12-25-21(30)26-15-6-2-1-3-7-15/h1-3,6-7,10-11,16H,4-5,8-9,12-13H2,(H,27,29)(H2,25,26,30). The minimum absolute atomic E-state index is 0.0715. The molecule has 2 aromatic carbocycles. The second-order valence-electron chi connectivity index (χ2n) is 7.11. The van der Waals surface area contributed by atoms with E-state index in [1.54, 1.807) is 0 Å². The van der Waals surface area contributed by atoms with Crippen LogP contribution in [0.2, 0.25) is 15.1 Å². The van der Waals surface area contributed by atoms with E-state index in [4.69, 9.17) is 34.8 Å². The Morgan fingerprint density at radius 2 is 1.70 bits per heavy atom. The minimum Gasteiger partial charge on any atom is -0.336 e. The van der Waals surface area contributed by atoms with Crippen LogP contribution in [0.4, 0.5) is 16.2 Å². The molecule has 1 fully saturated rings. The van der Waals surface area contributed by atoms with E-state index in [0.717, 1.165) is 31.5 Å². The molecule has 160 valence electrons. The number of urea groups is 1. The number of para-hydroxylation sites is 1. The largest absolute Gasteiger partial charge is 0.336 e. The molecule has 0 aliphatic carbocycles. The van der Waals surface area contributed by atoms with E-state index in [1.165, 1.54) is 12.1 Å². The summed E-state index contributed by atoms with van der Waals surface area (Å²) in [4.78, 5) is 26.8. The molecule has 3 amide bonds. The molecule has 0 saturated carbocycles. The van der Waals surface area contributed by atoms with E-state index >= 15 is 0 Å². The smallest absolute Gasteiger partial charge is 0.319 e. The summed E-state index contributed by atoms with van der Waals surface area (Å²) in [5.74, 6) is -0.221. The molecule has 1 aliphatic heterocycles. The molecule has 0 spiro atoms. The number of piperidine rings is 1. The number of benzene rings is 2. The molecule has 0 radical (unpaired) electrons. The van der Waals surface area contributed by atoms with Crippen molar-refractivity contribution in [2.24, 2.45) is 0 Å². The summed E-state index contributed by atoms with van der Waals surface area (Å²) < 4.78 is 0. The Labute approximate surface area is 190 Å². The third-order valence-electron chi connectivity index (χ3n) is 4.90. The molecular formula is C21H23Cl3N4O2. The van der Waals surface area contributed by atoms with Crippen LogP contribution in [0.3, 0.4) is 0 Å². The molecule has 0 bridgehead atoms. The molecule has 30 heavy (non-hydrogen) atoms. The predicted octanol–water partition coefficient (Wildman–Crippen LogP) is 5.26. The highest BCUT2D eigenvalue weighted by Crippen LogP contribution is 2.33. The molecule has 1 heterocycles. The van der Waals surface area contributed by atoms with E-state index < -0.39 is 0 Å². The first-order chi connectivity index (χ1) is 14.4. The Morgan fingerprint density at radius 1 is 1.00 bits per heavy atom. The first-order valence-corrected chi connectivity index (χ1v) is 10.8. The van der Waals surface area contributed by atoms with Crippen molar-refractivity contribution in [3.63, 3.8) is 0 Å². The topological polar surface area (TPSA) is 73.5 Å². The molecule has 1 saturated heterocycles. The van der Waals surface area contributed by atoms with E-state index in [2.05, 4.69) is 20.9 Å². The molecule has 1 unspecified atom stereocenters. The average Bonchev–Trinajstić information content (AvgIpc) is 2.71. The normalized spacial score (nSPS) is 16.7. The molecule has 0 aromatic heterocycles. The summed E-state index contributed by atoms with van der Waals surface area (Å²) in [6.07, 6.45) is 2.96. The third-order valence-corrected chi connectivity index (χ3v) is 5.71. The molecule has 2 aromatic rings. The van der Waals surface area contributed by atoms with Crippen molar-refractivity contribution in [2.45, 2.75) is 25.3 Å². The van der Waals surface area contributed by atoms with Crippen molar-refractivity contribution in [2.75, 3.05) is 30.3 Å². The summed E-state index contributed by atoms with van der Waals surface area (Å²) in [7, 11) is 0. The first-order valence-electron chi connectivity index (χ1n) is 9.70. The van der Waals surface area contributed by atoms with E-state index in [0.29, 0.717) is 17.3 Å². The lowest BCUT2D eigenvalue weighted by molar-refractivity contribution is -0.118. The molecule has 6 nitrogen and oxygen atoms in total. The van der Waals surface area contributed by atoms with Crippen molar-refractivity contribution < 1.29 is 9.59 Å². The van der Waals surface area contributed by atoms with E-state index in [-0.39, 0.29) is 34.6 Å². The number of anilines is 2. The lowest BCUT2D eigenvalue weighted by Gasteiger charge is -2.35. The number of hydrogen-bond donors (Lipinski definition) is 3. The highest BCUT2D eigenvalue weighted by molar-refractivity contribution is 6.42. The summed E-state index contributed by atoms with van der Waals surface area (Å²) in [6.45, 7) is 1.42. The van der Waals surface area contributed by atoms with Crippen LogP contribution < -0.4 is 16.0 Å². The van der Waals surface area contributed by atoms with Gasteiger partial charge in [-0.3, -0.25) is 9.69 Å². The molecular weight excluding hydrogens is 447 g/mol. The molecule has 9 heteroatoms. The van der Waals surface area contributed by atoms with Crippen molar-refractivity contribution in [3.8, 4) is 0 Å². The Kier molecular flexibility index (Phi) is 8.22. The second kappa shape index (κ2) is 10.9. The Bertz CT molecular complexity index is 872. The number of nitrogens with zero attached hydrogens (tertiary/aromatic N) is 1. The van der Waals surface area contributed by atoms with Crippen LogP contribution in [0.15, 0.2) is 42.5 Å². The van der Waals surface area contributed by atoms with E-state index in [9.17, 15) is 9.59 Å². The lowest BCUT2D eigenvalue weighted by Crippen LogP contribution is -2.49. The average molecular weight is 470 g/mol. The van der Waals surface area contributed by atoms with Gasteiger partial charge in [0.15, 0.2) is 0 Å². The van der Waals surface area contributed by atoms with Gasteiger partial charge in [-0.25, -0.2) is 4.79 Å². The summed E-state index contributed by atoms with van der Waals surface area (Å²) >= 11 is 18.2. The fourth-order valence-electron chi connectivity index (χ4n) is 3.43. The maximum Gasteiger partial charge on any atom is 0.319 e. The Hall–Kier alpha value is -1.99. The van der Waals surface area contributed by atoms with Gasteiger partial charge in [0.25, 0.3) is 0 Å². The lowest BCUT2D eigenvalue weighted by atomic mass is 10.0. The van der Waals surface area contributed by atoms with Gasteiger partial charge in [0.1, 0.15) is 0 Å². The van der Waals surface area contributed by atoms with Crippen LogP contribution in [-0.4, -0.2) is 42.5 Å². The van der Waals surface area contributed by atoms with Crippen LogP contribution in [0.5, 0.6) is 0 Å². The zero-order valence-electron chi connectivity index (χ0n) is 16.3. The van der Waals surface area contributed by atoms with Crippen molar-refractivity contribution in [1.29, 1.82) is 0 Å². The number of nitrogens with one attached hydrogen (secondary N) is 3. The fourth-order valence-corrected chi connectivity index (χ4v) is 4.34. The molecule has 3 rings (SSSR count). The van der Waals surface area contributed by atoms with Crippen molar-refractivity contribution in [1.82, 2.24) is 10.2 Å². The van der Waals surface area contributed by atoms with Gasteiger partial charge in [0, 0.05) is 23.3 Å². The van der Waals surface area contributed by atoms with Gasteiger partial charge in [-0.2, -0.15) is 0 Å². The fraction of sp³-hybridized carbons (Fsp3) is 0.333. The number of rotatable bonds is 6. The van der Waals surface area contributed by atoms with Gasteiger partial charge in [-0.05, 0) is 43.7 Å². The maximum atomic E-state index is 12.6. The van der Waals surface area contributed by atoms with Gasteiger partial charge in [0.2, 0.25) is 5.91 Å². The van der Waals surface area contributed by atoms with Crippen molar-refractivity contribution in [3.05, 3.63) is 57.5 Å². The van der Waals surface area contributed by atoms with Crippen LogP contribution in [0, 0.1) is 0 Å². The SMILES string of the molecule is O=C(CN1CCCCC1CNC(=O)Nc1ccccc1)Nc1c(Cl)cc(Cl)cc1Cl. The number of halogens is 3. The monoisotopic (exact) mass is 468 g/mol. The van der Waals surface area contributed by atoms with Crippen LogP contribution in [-0.2, 0) is 4.79 Å². The predicted molar refractivity (Wildman–Crippen MR) is 123 cm³/mol. The molecule has 1 atom stereocenters. The molecule has 3 N–H and O–H groups in total. The first kappa shape index (κ1) is 22.7. The van der Waals surface area contributed by atoms with Gasteiger partial charge in [-0.1, -0.05) is 59.4 Å². The highest BCUT2D eigenvalue weighted by atomic mass is 35.5. The third kappa shape index (κ3) is 6.51. The molecule has 1 aliphatic rings. The number of carbonyl (C=O) groups is 2. The Balaban J connectivity index is 1.54. The van der Waals surface area contributed by atoms with Gasteiger partial charge in [0.05, 0.1) is 22.3 Å². The number of likely N-dealkylation sites (tertiary alicyclic amines) is 1. The zero-order valence-corrected chi connectivity index (χ0v) is 18.5. The van der Waals surface area contributed by atoms with Gasteiger partial charge < -0.3 is 16.0 Å². The summed E-state index contributed by atoms with van der Waals surface area (Å²) in [5.41, 5.74) is 1.08. The quantitative estimate of drug-likeness (QED) is 0.540. The van der Waals surface area contributed by atoms with E-state index in [1.807, 2.05) is 30.3 Å². The van der Waals surface area contributed by atoms with Crippen LogP contribution in [0.25, 0.3) is 0 Å². The minimum atomic E-state index is -0.268. The number of amides is 3. The van der Waals surface area contributed by atoms with Gasteiger partial charge in [-0.15, -0.1) is 0 Å². The zero-order chi connectivity index (χ0) is 21.5. The Morgan fingerprint density at radius 3 is 2.40 bits per heavy atom. The van der Waals surface area contributed by atoms with Crippen molar-refractivity contribution >= 4 is 58.1 Å². The summed E-state index contributed by atoms with van der Waals surface area (Å²) in [6, 6.07) is 12.1. The highest BCUT2D eigenvalue weighted by Gasteiger charge is 2.25. The van der Waals surface area contributed by atoms with Gasteiger partial charge >= 0.3 is 6.03 Å². The van der Waals surface area contributed by atoms with Crippen LogP contribution >= 0.6 is 34.8 Å². The number of hydrogen-bond acceptors (Lipinski definition) is 3. The number of carbonyl (C=O) groups excluding carboxylic acids is 2. The van der Waals surface area contributed by atoms with Crippen LogP contribution in [0.1, 0.15) is 19.3 Å². The maximum absolute atomic E-state index is 12.6.